The Balaban J connectivity index is 0.000000396. The topological polar surface area (TPSA) is 0 Å². The van der Waals surface area contributed by atoms with Gasteiger partial charge in [-0.05, 0) is 18.1 Å². The molecule has 0 heteroatoms. The van der Waals surface area contributed by atoms with Gasteiger partial charge in [0.05, 0.1) is 0 Å². The van der Waals surface area contributed by atoms with Crippen molar-refractivity contribution in [1.29, 1.82) is 0 Å². The summed E-state index contributed by atoms with van der Waals surface area (Å²) in [6.07, 6.45) is 2.28. The van der Waals surface area contributed by atoms with Gasteiger partial charge in [0.1, 0.15) is 0 Å². The number of allylic oxidation sites excluding steroid dienone is 1. The van der Waals surface area contributed by atoms with Crippen molar-refractivity contribution < 1.29 is 0 Å². The van der Waals surface area contributed by atoms with Gasteiger partial charge >= 0.3 is 0 Å². The summed E-state index contributed by atoms with van der Waals surface area (Å²) in [6.45, 7) is 8.46. The SMILES string of the molecule is CC.CC1=Cc2ccccc2C1C. The summed E-state index contributed by atoms with van der Waals surface area (Å²) < 4.78 is 0. The van der Waals surface area contributed by atoms with Gasteiger partial charge < -0.3 is 0 Å². The largest absolute Gasteiger partial charge is 0.0683 e. The normalized spacial score (nSPS) is 18.5. The lowest BCUT2D eigenvalue weighted by Crippen LogP contribution is -1.88. The van der Waals surface area contributed by atoms with Crippen molar-refractivity contribution >= 4 is 6.08 Å². The van der Waals surface area contributed by atoms with E-state index in [1.54, 1.807) is 0 Å². The van der Waals surface area contributed by atoms with E-state index in [0.29, 0.717) is 5.92 Å². The first-order chi connectivity index (χ1) is 6.29. The minimum Gasteiger partial charge on any atom is -0.0683 e. The van der Waals surface area contributed by atoms with Gasteiger partial charge in [-0.2, -0.15) is 0 Å². The minimum atomic E-state index is 0.631. The van der Waals surface area contributed by atoms with Crippen molar-refractivity contribution in [2.45, 2.75) is 33.6 Å². The van der Waals surface area contributed by atoms with Crippen LogP contribution in [0.25, 0.3) is 6.08 Å². The Morgan fingerprint density at radius 2 is 1.69 bits per heavy atom. The van der Waals surface area contributed by atoms with E-state index in [4.69, 9.17) is 0 Å². The quantitative estimate of drug-likeness (QED) is 0.552. The molecule has 0 spiro atoms. The summed E-state index contributed by atoms with van der Waals surface area (Å²) in [5, 5.41) is 0. The smallest absolute Gasteiger partial charge is 0.00263 e. The van der Waals surface area contributed by atoms with Gasteiger partial charge in [-0.1, -0.05) is 56.7 Å². The summed E-state index contributed by atoms with van der Waals surface area (Å²) in [4.78, 5) is 0. The van der Waals surface area contributed by atoms with Crippen LogP contribution in [-0.2, 0) is 0 Å². The molecule has 1 unspecified atom stereocenters. The zero-order valence-electron chi connectivity index (χ0n) is 8.96. The maximum Gasteiger partial charge on any atom is 0.00263 e. The highest BCUT2D eigenvalue weighted by molar-refractivity contribution is 5.65. The second-order valence-electron chi connectivity index (χ2n) is 3.24. The molecule has 0 aromatic heterocycles. The standard InChI is InChI=1S/C11H12.C2H6/c1-8-7-10-5-3-4-6-11(10)9(8)2;1-2/h3-7,9H,1-2H3;1-2H3. The third-order valence-corrected chi connectivity index (χ3v) is 2.53. The summed E-state index contributed by atoms with van der Waals surface area (Å²) in [7, 11) is 0. The molecule has 0 saturated heterocycles. The van der Waals surface area contributed by atoms with Crippen LogP contribution in [0.4, 0.5) is 0 Å². The molecule has 0 heterocycles. The van der Waals surface area contributed by atoms with Crippen LogP contribution in [0.15, 0.2) is 29.8 Å². The summed E-state index contributed by atoms with van der Waals surface area (Å²) in [6, 6.07) is 8.61. The van der Waals surface area contributed by atoms with Crippen molar-refractivity contribution in [2.75, 3.05) is 0 Å². The van der Waals surface area contributed by atoms with Crippen molar-refractivity contribution in [1.82, 2.24) is 0 Å². The van der Waals surface area contributed by atoms with E-state index >= 15 is 0 Å². The molecular weight excluding hydrogens is 156 g/mol. The molecule has 1 aliphatic carbocycles. The Hall–Kier alpha value is -1.04. The van der Waals surface area contributed by atoms with Crippen molar-refractivity contribution in [2.24, 2.45) is 0 Å². The van der Waals surface area contributed by atoms with Gasteiger partial charge in [0.2, 0.25) is 0 Å². The zero-order chi connectivity index (χ0) is 9.84. The zero-order valence-corrected chi connectivity index (χ0v) is 8.96. The van der Waals surface area contributed by atoms with Crippen LogP contribution in [-0.4, -0.2) is 0 Å². The Morgan fingerprint density at radius 3 is 2.31 bits per heavy atom. The maximum atomic E-state index is 2.28. The molecule has 0 nitrogen and oxygen atoms in total. The van der Waals surface area contributed by atoms with Gasteiger partial charge in [0.15, 0.2) is 0 Å². The molecule has 0 saturated carbocycles. The molecule has 1 atom stereocenters. The molecule has 0 aliphatic heterocycles. The van der Waals surface area contributed by atoms with Gasteiger partial charge in [0.25, 0.3) is 0 Å². The van der Waals surface area contributed by atoms with Crippen molar-refractivity contribution in [3.8, 4) is 0 Å². The molecule has 0 fully saturated rings. The first kappa shape index (κ1) is 10.0. The summed E-state index contributed by atoms with van der Waals surface area (Å²) in [5.41, 5.74) is 4.36. The average molecular weight is 174 g/mol. The van der Waals surface area contributed by atoms with Crippen LogP contribution in [0.2, 0.25) is 0 Å². The molecule has 1 aliphatic rings. The van der Waals surface area contributed by atoms with Crippen molar-refractivity contribution in [3.63, 3.8) is 0 Å². The predicted molar refractivity (Wildman–Crippen MR) is 59.9 cm³/mol. The van der Waals surface area contributed by atoms with E-state index in [0.717, 1.165) is 0 Å². The number of hydrogen-bond donors (Lipinski definition) is 0. The Bertz CT molecular complexity index is 308. The first-order valence-corrected chi connectivity index (χ1v) is 5.06. The first-order valence-electron chi connectivity index (χ1n) is 5.06. The molecule has 2 rings (SSSR count). The van der Waals surface area contributed by atoms with Crippen LogP contribution in [0.3, 0.4) is 0 Å². The highest BCUT2D eigenvalue weighted by Crippen LogP contribution is 2.34. The maximum absolute atomic E-state index is 2.28. The second-order valence-corrected chi connectivity index (χ2v) is 3.24. The van der Waals surface area contributed by atoms with Crippen LogP contribution in [0, 0.1) is 0 Å². The van der Waals surface area contributed by atoms with Crippen LogP contribution < -0.4 is 0 Å². The highest BCUT2D eigenvalue weighted by atomic mass is 14.2. The summed E-state index contributed by atoms with van der Waals surface area (Å²) in [5.74, 6) is 0.631. The Kier molecular flexibility index (Phi) is 3.30. The molecule has 0 amide bonds. The molecule has 70 valence electrons. The Labute approximate surface area is 81.3 Å². The molecule has 1 aromatic carbocycles. The fourth-order valence-electron chi connectivity index (χ4n) is 1.65. The van der Waals surface area contributed by atoms with Crippen molar-refractivity contribution in [3.05, 3.63) is 41.0 Å². The van der Waals surface area contributed by atoms with E-state index in [2.05, 4.69) is 44.2 Å². The lowest BCUT2D eigenvalue weighted by molar-refractivity contribution is 0.921. The van der Waals surface area contributed by atoms with E-state index in [1.165, 1.54) is 16.7 Å². The number of rotatable bonds is 0. The van der Waals surface area contributed by atoms with Gasteiger partial charge in [-0.15, -0.1) is 0 Å². The van der Waals surface area contributed by atoms with Crippen LogP contribution >= 0.6 is 0 Å². The predicted octanol–water partition coefficient (Wildman–Crippen LogP) is 4.23. The van der Waals surface area contributed by atoms with E-state index < -0.39 is 0 Å². The molecule has 0 bridgehead atoms. The average Bonchev–Trinajstić information content (AvgIpc) is 2.47. The fourth-order valence-corrected chi connectivity index (χ4v) is 1.65. The monoisotopic (exact) mass is 174 g/mol. The fraction of sp³-hybridized carbons (Fsp3) is 0.385. The molecule has 13 heavy (non-hydrogen) atoms. The molecule has 0 N–H and O–H groups in total. The van der Waals surface area contributed by atoms with Crippen LogP contribution in [0.1, 0.15) is 44.7 Å². The van der Waals surface area contributed by atoms with E-state index in [-0.39, 0.29) is 0 Å². The second kappa shape index (κ2) is 4.27. The molecular formula is C13H18. The van der Waals surface area contributed by atoms with Gasteiger partial charge in [-0.3, -0.25) is 0 Å². The van der Waals surface area contributed by atoms with Gasteiger partial charge in [-0.25, -0.2) is 0 Å². The van der Waals surface area contributed by atoms with Gasteiger partial charge in [0, 0.05) is 5.92 Å². The minimum absolute atomic E-state index is 0.631. The van der Waals surface area contributed by atoms with Crippen LogP contribution in [0.5, 0.6) is 0 Å². The Morgan fingerprint density at radius 1 is 1.08 bits per heavy atom. The molecule has 1 aromatic rings. The van der Waals surface area contributed by atoms with E-state index in [9.17, 15) is 0 Å². The highest BCUT2D eigenvalue weighted by Gasteiger charge is 2.16. The molecule has 0 radical (unpaired) electrons. The number of benzene rings is 1. The number of fused-ring (bicyclic) bond motifs is 1. The lowest BCUT2D eigenvalue weighted by atomic mass is 9.99. The third kappa shape index (κ3) is 1.82. The lowest BCUT2D eigenvalue weighted by Gasteiger charge is -2.05. The third-order valence-electron chi connectivity index (χ3n) is 2.53. The number of hydrogen-bond acceptors (Lipinski definition) is 0. The van der Waals surface area contributed by atoms with E-state index in [1.807, 2.05) is 13.8 Å². The summed E-state index contributed by atoms with van der Waals surface area (Å²) >= 11 is 0.